The number of carboxylic acids is 1. The van der Waals surface area contributed by atoms with Crippen LogP contribution in [0.2, 0.25) is 0 Å². The molecule has 1 aliphatic carbocycles. The molecule has 140 valence electrons. The van der Waals surface area contributed by atoms with Crippen LogP contribution in [0.15, 0.2) is 18.2 Å². The molecule has 2 aliphatic rings. The number of aliphatic carboxylic acids is 1. The van der Waals surface area contributed by atoms with Crippen molar-refractivity contribution >= 4 is 17.8 Å². The maximum absolute atomic E-state index is 12.1. The summed E-state index contributed by atoms with van der Waals surface area (Å²) in [5.74, 6) is -0.634. The lowest BCUT2D eigenvalue weighted by molar-refractivity contribution is -0.151. The monoisotopic (exact) mass is 362 g/mol. The van der Waals surface area contributed by atoms with E-state index < -0.39 is 23.2 Å². The summed E-state index contributed by atoms with van der Waals surface area (Å²) in [6.07, 6.45) is 3.85. The molecule has 0 spiro atoms. The molecule has 3 N–H and O–H groups in total. The fourth-order valence-electron chi connectivity index (χ4n) is 3.33. The number of carboxylic acid groups (broad SMARTS) is 1. The van der Waals surface area contributed by atoms with Crippen molar-refractivity contribution in [2.24, 2.45) is 5.41 Å². The summed E-state index contributed by atoms with van der Waals surface area (Å²) in [6, 6.07) is 4.77. The molecule has 0 saturated heterocycles. The number of rotatable bonds is 6. The van der Waals surface area contributed by atoms with Crippen LogP contribution in [0.25, 0.3) is 0 Å². The smallest absolute Gasteiger partial charge is 0.311 e. The SMILES string of the molecule is O=C(CNC(=O)c1ccc2c(c1)OCO2)NCC1(C(=O)O)CCCCC1. The van der Waals surface area contributed by atoms with Crippen LogP contribution < -0.4 is 20.1 Å². The van der Waals surface area contributed by atoms with Crippen LogP contribution in [0.4, 0.5) is 0 Å². The first-order valence-corrected chi connectivity index (χ1v) is 8.68. The largest absolute Gasteiger partial charge is 0.481 e. The number of amides is 2. The van der Waals surface area contributed by atoms with E-state index in [1.54, 1.807) is 18.2 Å². The van der Waals surface area contributed by atoms with Gasteiger partial charge in [0.2, 0.25) is 12.7 Å². The van der Waals surface area contributed by atoms with Crippen molar-refractivity contribution in [2.45, 2.75) is 32.1 Å². The van der Waals surface area contributed by atoms with Crippen LogP contribution >= 0.6 is 0 Å². The lowest BCUT2D eigenvalue weighted by Gasteiger charge is -2.33. The highest BCUT2D eigenvalue weighted by atomic mass is 16.7. The van der Waals surface area contributed by atoms with E-state index in [9.17, 15) is 19.5 Å². The van der Waals surface area contributed by atoms with Gasteiger partial charge < -0.3 is 25.2 Å². The summed E-state index contributed by atoms with van der Waals surface area (Å²) >= 11 is 0. The third-order valence-corrected chi connectivity index (χ3v) is 4.93. The molecule has 3 rings (SSSR count). The summed E-state index contributed by atoms with van der Waals surface area (Å²) in [5.41, 5.74) is -0.536. The first-order chi connectivity index (χ1) is 12.5. The molecule has 0 unspecified atom stereocenters. The Hall–Kier alpha value is -2.77. The molecule has 1 saturated carbocycles. The molecule has 0 bridgehead atoms. The van der Waals surface area contributed by atoms with Gasteiger partial charge in [-0.25, -0.2) is 0 Å². The van der Waals surface area contributed by atoms with E-state index >= 15 is 0 Å². The van der Waals surface area contributed by atoms with Gasteiger partial charge in [-0.05, 0) is 31.0 Å². The summed E-state index contributed by atoms with van der Waals surface area (Å²) in [5, 5.41) is 14.7. The van der Waals surface area contributed by atoms with E-state index in [0.29, 0.717) is 29.9 Å². The summed E-state index contributed by atoms with van der Waals surface area (Å²) < 4.78 is 10.4. The van der Waals surface area contributed by atoms with Crippen molar-refractivity contribution in [2.75, 3.05) is 19.9 Å². The van der Waals surface area contributed by atoms with Crippen LogP contribution in [0.1, 0.15) is 42.5 Å². The Kier molecular flexibility index (Phi) is 5.29. The molecule has 0 aromatic heterocycles. The highest BCUT2D eigenvalue weighted by Gasteiger charge is 2.39. The summed E-state index contributed by atoms with van der Waals surface area (Å²) in [7, 11) is 0. The molecular weight excluding hydrogens is 340 g/mol. The van der Waals surface area contributed by atoms with Crippen LogP contribution in [0, 0.1) is 5.41 Å². The van der Waals surface area contributed by atoms with Gasteiger partial charge in [0.05, 0.1) is 12.0 Å². The average Bonchev–Trinajstić information content (AvgIpc) is 3.12. The number of ether oxygens (including phenoxy) is 2. The Morgan fingerprint density at radius 3 is 2.50 bits per heavy atom. The molecule has 0 atom stereocenters. The van der Waals surface area contributed by atoms with Crippen molar-refractivity contribution in [3.05, 3.63) is 23.8 Å². The van der Waals surface area contributed by atoms with Crippen molar-refractivity contribution in [1.29, 1.82) is 0 Å². The minimum absolute atomic E-state index is 0.0844. The highest BCUT2D eigenvalue weighted by molar-refractivity contribution is 5.97. The van der Waals surface area contributed by atoms with Gasteiger partial charge in [-0.2, -0.15) is 0 Å². The zero-order valence-electron chi connectivity index (χ0n) is 14.4. The fourth-order valence-corrected chi connectivity index (χ4v) is 3.33. The number of hydrogen-bond acceptors (Lipinski definition) is 5. The first kappa shape index (κ1) is 18.0. The zero-order chi connectivity index (χ0) is 18.6. The number of carbonyl (C=O) groups excluding carboxylic acids is 2. The lowest BCUT2D eigenvalue weighted by Crippen LogP contribution is -2.46. The summed E-state index contributed by atoms with van der Waals surface area (Å²) in [6.45, 7) is -0.0157. The van der Waals surface area contributed by atoms with Gasteiger partial charge in [0.15, 0.2) is 11.5 Å². The third-order valence-electron chi connectivity index (χ3n) is 4.93. The van der Waals surface area contributed by atoms with Crippen molar-refractivity contribution in [3.63, 3.8) is 0 Å². The molecule has 26 heavy (non-hydrogen) atoms. The summed E-state index contributed by atoms with van der Waals surface area (Å²) in [4.78, 5) is 35.7. The van der Waals surface area contributed by atoms with Gasteiger partial charge in [-0.15, -0.1) is 0 Å². The molecule has 2 amide bonds. The number of benzene rings is 1. The normalized spacial score (nSPS) is 17.4. The van der Waals surface area contributed by atoms with E-state index in [2.05, 4.69) is 10.6 Å². The van der Waals surface area contributed by atoms with Gasteiger partial charge >= 0.3 is 5.97 Å². The third kappa shape index (κ3) is 3.89. The van der Waals surface area contributed by atoms with Crippen molar-refractivity contribution in [3.8, 4) is 11.5 Å². The Bertz CT molecular complexity index is 712. The second kappa shape index (κ2) is 7.63. The van der Waals surface area contributed by atoms with Crippen LogP contribution in [-0.2, 0) is 9.59 Å². The van der Waals surface area contributed by atoms with Crippen molar-refractivity contribution in [1.82, 2.24) is 10.6 Å². The Labute approximate surface area is 150 Å². The molecule has 8 nitrogen and oxygen atoms in total. The topological polar surface area (TPSA) is 114 Å². The fraction of sp³-hybridized carbons (Fsp3) is 0.500. The molecule has 1 aromatic rings. The predicted octanol–water partition coefficient (Wildman–Crippen LogP) is 1.30. The highest BCUT2D eigenvalue weighted by Crippen LogP contribution is 2.36. The number of hydrogen-bond donors (Lipinski definition) is 3. The lowest BCUT2D eigenvalue weighted by atomic mass is 9.74. The van der Waals surface area contributed by atoms with E-state index in [0.717, 1.165) is 19.3 Å². The van der Waals surface area contributed by atoms with Crippen LogP contribution in [-0.4, -0.2) is 42.8 Å². The first-order valence-electron chi connectivity index (χ1n) is 8.68. The van der Waals surface area contributed by atoms with E-state index in [-0.39, 0.29) is 19.9 Å². The van der Waals surface area contributed by atoms with Gasteiger partial charge in [0.1, 0.15) is 0 Å². The minimum Gasteiger partial charge on any atom is -0.481 e. The second-order valence-corrected chi connectivity index (χ2v) is 6.67. The van der Waals surface area contributed by atoms with Gasteiger partial charge in [0, 0.05) is 12.1 Å². The Morgan fingerprint density at radius 1 is 1.04 bits per heavy atom. The molecule has 0 radical (unpaired) electrons. The van der Waals surface area contributed by atoms with Gasteiger partial charge in [-0.1, -0.05) is 19.3 Å². The molecule has 1 aromatic carbocycles. The predicted molar refractivity (Wildman–Crippen MR) is 91.1 cm³/mol. The van der Waals surface area contributed by atoms with Crippen LogP contribution in [0.3, 0.4) is 0 Å². The van der Waals surface area contributed by atoms with Gasteiger partial charge in [-0.3, -0.25) is 14.4 Å². The van der Waals surface area contributed by atoms with Crippen LogP contribution in [0.5, 0.6) is 11.5 Å². The quantitative estimate of drug-likeness (QED) is 0.703. The second-order valence-electron chi connectivity index (χ2n) is 6.67. The minimum atomic E-state index is -0.894. The van der Waals surface area contributed by atoms with E-state index in [1.165, 1.54) is 0 Å². The van der Waals surface area contributed by atoms with Gasteiger partial charge in [0.25, 0.3) is 5.91 Å². The standard InChI is InChI=1S/C18H22N2O6/c21-15(20-10-18(17(23)24)6-2-1-3-7-18)9-19-16(22)12-4-5-13-14(8-12)26-11-25-13/h4-5,8H,1-3,6-7,9-11H2,(H,19,22)(H,20,21)(H,23,24). The molecule has 1 aliphatic heterocycles. The Morgan fingerprint density at radius 2 is 1.77 bits per heavy atom. The zero-order valence-corrected chi connectivity index (χ0v) is 14.4. The maximum atomic E-state index is 12.1. The van der Waals surface area contributed by atoms with Crippen molar-refractivity contribution < 1.29 is 29.0 Å². The molecule has 1 heterocycles. The number of nitrogens with one attached hydrogen (secondary N) is 2. The van der Waals surface area contributed by atoms with E-state index in [4.69, 9.17) is 9.47 Å². The van der Waals surface area contributed by atoms with E-state index in [1.807, 2.05) is 0 Å². The maximum Gasteiger partial charge on any atom is 0.311 e. The molecule has 1 fully saturated rings. The average molecular weight is 362 g/mol. The number of carbonyl (C=O) groups is 3. The Balaban J connectivity index is 1.49. The molecule has 8 heteroatoms. The molecular formula is C18H22N2O6. The number of fused-ring (bicyclic) bond motifs is 1.